The monoisotopic (exact) mass is 280 g/mol. The van der Waals surface area contributed by atoms with E-state index < -0.39 is 0 Å². The van der Waals surface area contributed by atoms with Crippen LogP contribution >= 0.6 is 11.6 Å². The molecule has 0 atom stereocenters. The van der Waals surface area contributed by atoms with E-state index in [1.165, 1.54) is 7.11 Å². The number of hydrogen-bond donors (Lipinski definition) is 2. The number of methoxy groups -OCH3 is 1. The quantitative estimate of drug-likeness (QED) is 0.903. The van der Waals surface area contributed by atoms with Crippen molar-refractivity contribution in [3.8, 4) is 5.75 Å². The number of carbonyl (C=O) groups excluding carboxylic acids is 1. The van der Waals surface area contributed by atoms with Crippen LogP contribution in [0.25, 0.3) is 0 Å². The van der Waals surface area contributed by atoms with E-state index in [-0.39, 0.29) is 6.03 Å². The average Bonchev–Trinajstić information content (AvgIpc) is 2.92. The van der Waals surface area contributed by atoms with Crippen molar-refractivity contribution in [1.82, 2.24) is 5.32 Å². The van der Waals surface area contributed by atoms with Gasteiger partial charge in [-0.25, -0.2) is 4.79 Å². The van der Waals surface area contributed by atoms with Gasteiger partial charge >= 0.3 is 6.03 Å². The Bertz CT molecular complexity index is 555. The maximum Gasteiger partial charge on any atom is 0.319 e. The van der Waals surface area contributed by atoms with Crippen LogP contribution in [0, 0.1) is 0 Å². The molecule has 19 heavy (non-hydrogen) atoms. The van der Waals surface area contributed by atoms with Gasteiger partial charge in [0, 0.05) is 23.9 Å². The fourth-order valence-electron chi connectivity index (χ4n) is 1.49. The van der Waals surface area contributed by atoms with Gasteiger partial charge < -0.3 is 19.8 Å². The minimum Gasteiger partial charge on any atom is -0.495 e. The highest BCUT2D eigenvalue weighted by molar-refractivity contribution is 6.32. The van der Waals surface area contributed by atoms with Crippen molar-refractivity contribution in [2.45, 2.75) is 6.54 Å². The van der Waals surface area contributed by atoms with Gasteiger partial charge in [-0.3, -0.25) is 0 Å². The van der Waals surface area contributed by atoms with Crippen LogP contribution in [0.5, 0.6) is 5.75 Å². The predicted octanol–water partition coefficient (Wildman–Crippen LogP) is 3.26. The molecule has 0 radical (unpaired) electrons. The summed E-state index contributed by atoms with van der Waals surface area (Å²) in [5, 5.41) is 5.88. The van der Waals surface area contributed by atoms with E-state index in [1.54, 1.807) is 36.8 Å². The molecule has 0 aliphatic carbocycles. The molecule has 0 bridgehead atoms. The van der Waals surface area contributed by atoms with Crippen LogP contribution in [0.3, 0.4) is 0 Å². The summed E-state index contributed by atoms with van der Waals surface area (Å²) in [6.07, 6.45) is 3.13. The van der Waals surface area contributed by atoms with Crippen molar-refractivity contribution >= 4 is 23.3 Å². The van der Waals surface area contributed by atoms with Crippen LogP contribution in [0.2, 0.25) is 5.02 Å². The smallest absolute Gasteiger partial charge is 0.319 e. The predicted molar refractivity (Wildman–Crippen MR) is 72.6 cm³/mol. The number of carbonyl (C=O) groups is 1. The fraction of sp³-hybridized carbons (Fsp3) is 0.154. The number of nitrogens with one attached hydrogen (secondary N) is 2. The molecule has 0 aliphatic heterocycles. The number of rotatable bonds is 4. The number of furan rings is 1. The summed E-state index contributed by atoms with van der Waals surface area (Å²) >= 11 is 5.90. The first-order valence-corrected chi connectivity index (χ1v) is 5.96. The van der Waals surface area contributed by atoms with E-state index >= 15 is 0 Å². The van der Waals surface area contributed by atoms with E-state index in [4.69, 9.17) is 20.8 Å². The second kappa shape index (κ2) is 6.15. The number of anilines is 1. The molecular formula is C13H13ClN2O3. The van der Waals surface area contributed by atoms with Crippen molar-refractivity contribution in [2.75, 3.05) is 12.4 Å². The fourth-order valence-corrected chi connectivity index (χ4v) is 1.68. The van der Waals surface area contributed by atoms with Gasteiger partial charge in [-0.15, -0.1) is 0 Å². The van der Waals surface area contributed by atoms with Crippen LogP contribution in [0.1, 0.15) is 5.56 Å². The summed E-state index contributed by atoms with van der Waals surface area (Å²) < 4.78 is 9.98. The van der Waals surface area contributed by atoms with E-state index in [1.807, 2.05) is 0 Å². The third-order valence-electron chi connectivity index (χ3n) is 2.44. The van der Waals surface area contributed by atoms with Gasteiger partial charge in [0.25, 0.3) is 0 Å². The average molecular weight is 281 g/mol. The van der Waals surface area contributed by atoms with Gasteiger partial charge in [0.1, 0.15) is 5.75 Å². The molecule has 0 spiro atoms. The molecule has 1 aromatic heterocycles. The van der Waals surface area contributed by atoms with E-state index in [0.717, 1.165) is 5.56 Å². The summed E-state index contributed by atoms with van der Waals surface area (Å²) in [5.41, 5.74) is 1.50. The number of benzene rings is 1. The second-order valence-corrected chi connectivity index (χ2v) is 4.20. The largest absolute Gasteiger partial charge is 0.495 e. The van der Waals surface area contributed by atoms with Crippen LogP contribution in [0.4, 0.5) is 10.5 Å². The summed E-state index contributed by atoms with van der Waals surface area (Å²) in [7, 11) is 1.52. The Morgan fingerprint density at radius 3 is 2.95 bits per heavy atom. The number of amides is 2. The second-order valence-electron chi connectivity index (χ2n) is 3.79. The molecule has 100 valence electrons. The summed E-state index contributed by atoms with van der Waals surface area (Å²) in [6, 6.07) is 6.48. The first kappa shape index (κ1) is 13.3. The maximum absolute atomic E-state index is 11.7. The summed E-state index contributed by atoms with van der Waals surface area (Å²) in [6.45, 7) is 0.396. The Kier molecular flexibility index (Phi) is 4.30. The molecule has 2 aromatic rings. The topological polar surface area (TPSA) is 63.5 Å². The first-order chi connectivity index (χ1) is 9.19. The zero-order valence-electron chi connectivity index (χ0n) is 10.3. The Morgan fingerprint density at radius 2 is 2.26 bits per heavy atom. The Labute approximate surface area is 115 Å². The summed E-state index contributed by atoms with van der Waals surface area (Å²) in [5.74, 6) is 0.509. The number of urea groups is 1. The van der Waals surface area contributed by atoms with Crippen molar-refractivity contribution in [2.24, 2.45) is 0 Å². The highest BCUT2D eigenvalue weighted by Gasteiger charge is 2.05. The Balaban J connectivity index is 1.91. The zero-order chi connectivity index (χ0) is 13.7. The third-order valence-corrected chi connectivity index (χ3v) is 2.75. The lowest BCUT2D eigenvalue weighted by Crippen LogP contribution is -2.27. The Hall–Kier alpha value is -2.14. The molecule has 0 saturated carbocycles. The first-order valence-electron chi connectivity index (χ1n) is 5.58. The van der Waals surface area contributed by atoms with Crippen LogP contribution < -0.4 is 15.4 Å². The lowest BCUT2D eigenvalue weighted by Gasteiger charge is -2.09. The van der Waals surface area contributed by atoms with Crippen molar-refractivity contribution < 1.29 is 13.9 Å². The summed E-state index contributed by atoms with van der Waals surface area (Å²) in [4.78, 5) is 11.7. The molecule has 5 nitrogen and oxygen atoms in total. The van der Waals surface area contributed by atoms with Crippen LogP contribution in [-0.4, -0.2) is 13.1 Å². The van der Waals surface area contributed by atoms with Crippen molar-refractivity contribution in [3.05, 3.63) is 47.4 Å². The minimum absolute atomic E-state index is 0.314. The Morgan fingerprint density at radius 1 is 1.42 bits per heavy atom. The number of hydrogen-bond acceptors (Lipinski definition) is 3. The zero-order valence-corrected chi connectivity index (χ0v) is 11.0. The van der Waals surface area contributed by atoms with Crippen molar-refractivity contribution in [3.63, 3.8) is 0 Å². The van der Waals surface area contributed by atoms with Crippen LogP contribution in [0.15, 0.2) is 41.2 Å². The molecule has 1 aromatic carbocycles. The molecular weight excluding hydrogens is 268 g/mol. The third kappa shape index (κ3) is 3.66. The lowest BCUT2D eigenvalue weighted by atomic mass is 10.3. The molecule has 1 heterocycles. The number of halogens is 1. The SMILES string of the molecule is COc1cc(NC(=O)NCc2ccoc2)ccc1Cl. The highest BCUT2D eigenvalue weighted by atomic mass is 35.5. The molecule has 0 aliphatic rings. The minimum atomic E-state index is -0.314. The highest BCUT2D eigenvalue weighted by Crippen LogP contribution is 2.27. The normalized spacial score (nSPS) is 10.0. The van der Waals surface area contributed by atoms with E-state index in [0.29, 0.717) is 23.0 Å². The molecule has 2 amide bonds. The molecule has 2 rings (SSSR count). The van der Waals surface area contributed by atoms with E-state index in [9.17, 15) is 4.79 Å². The van der Waals surface area contributed by atoms with Gasteiger partial charge in [0.2, 0.25) is 0 Å². The molecule has 0 saturated heterocycles. The van der Waals surface area contributed by atoms with Gasteiger partial charge in [-0.2, -0.15) is 0 Å². The molecule has 2 N–H and O–H groups in total. The standard InChI is InChI=1S/C13H13ClN2O3/c1-18-12-6-10(2-3-11(12)14)16-13(17)15-7-9-4-5-19-8-9/h2-6,8H,7H2,1H3,(H2,15,16,17). The van der Waals surface area contributed by atoms with Gasteiger partial charge in [-0.1, -0.05) is 11.6 Å². The number of ether oxygens (including phenoxy) is 1. The lowest BCUT2D eigenvalue weighted by molar-refractivity contribution is 0.251. The van der Waals surface area contributed by atoms with Crippen molar-refractivity contribution in [1.29, 1.82) is 0 Å². The van der Waals surface area contributed by atoms with Gasteiger partial charge in [0.05, 0.1) is 24.7 Å². The van der Waals surface area contributed by atoms with Gasteiger partial charge in [-0.05, 0) is 18.2 Å². The van der Waals surface area contributed by atoms with Gasteiger partial charge in [0.15, 0.2) is 0 Å². The molecule has 0 fully saturated rings. The molecule has 0 unspecified atom stereocenters. The van der Waals surface area contributed by atoms with E-state index in [2.05, 4.69) is 10.6 Å². The van der Waals surface area contributed by atoms with Crippen LogP contribution in [-0.2, 0) is 6.54 Å². The molecule has 6 heteroatoms. The maximum atomic E-state index is 11.7.